The smallest absolute Gasteiger partial charge is 0.207 e. The zero-order chi connectivity index (χ0) is 17.2. The fourth-order valence-corrected chi connectivity index (χ4v) is 3.64. The van der Waals surface area contributed by atoms with Crippen molar-refractivity contribution in [2.24, 2.45) is 5.92 Å². The number of aromatic nitrogens is 2. The first-order valence-electron chi connectivity index (χ1n) is 8.75. The van der Waals surface area contributed by atoms with Crippen LogP contribution in [0.2, 0.25) is 0 Å². The molecule has 1 saturated heterocycles. The second-order valence-corrected chi connectivity index (χ2v) is 6.80. The number of halogens is 2. The van der Waals surface area contributed by atoms with E-state index in [9.17, 15) is 8.78 Å². The number of hydrogen-bond donors (Lipinski definition) is 1. The van der Waals surface area contributed by atoms with Gasteiger partial charge in [0.25, 0.3) is 0 Å². The van der Waals surface area contributed by atoms with Crippen LogP contribution in [0, 0.1) is 17.6 Å². The van der Waals surface area contributed by atoms with E-state index in [-0.39, 0.29) is 0 Å². The van der Waals surface area contributed by atoms with E-state index in [4.69, 9.17) is 4.74 Å². The van der Waals surface area contributed by atoms with E-state index in [0.717, 1.165) is 64.0 Å². The number of benzene rings is 1. The van der Waals surface area contributed by atoms with Crippen molar-refractivity contribution in [3.63, 3.8) is 0 Å². The summed E-state index contributed by atoms with van der Waals surface area (Å²) in [5.41, 5.74) is 1.49. The number of hydrogen-bond acceptors (Lipinski definition) is 4. The molecule has 2 aliphatic heterocycles. The van der Waals surface area contributed by atoms with E-state index in [1.54, 1.807) is 0 Å². The van der Waals surface area contributed by atoms with E-state index in [0.29, 0.717) is 17.6 Å². The molecule has 2 aromatic rings. The van der Waals surface area contributed by atoms with Crippen LogP contribution in [-0.2, 0) is 17.8 Å². The summed E-state index contributed by atoms with van der Waals surface area (Å²) in [6.07, 6.45) is 4.11. The zero-order valence-electron chi connectivity index (χ0n) is 14.0. The largest absolute Gasteiger partial charge is 0.381 e. The van der Waals surface area contributed by atoms with Gasteiger partial charge in [-0.15, -0.1) is 0 Å². The van der Waals surface area contributed by atoms with Crippen LogP contribution >= 0.6 is 0 Å². The van der Waals surface area contributed by atoms with Gasteiger partial charge >= 0.3 is 0 Å². The monoisotopic (exact) mass is 348 g/mol. The minimum atomic E-state index is -0.601. The Morgan fingerprint density at radius 1 is 1.12 bits per heavy atom. The first-order chi connectivity index (χ1) is 12.2. The fraction of sp³-hybridized carbons (Fsp3) is 0.500. The Balaban J connectivity index is 1.43. The lowest BCUT2D eigenvalue weighted by atomic mass is 9.99. The Labute approximate surface area is 145 Å². The summed E-state index contributed by atoms with van der Waals surface area (Å²) in [7, 11) is 0. The van der Waals surface area contributed by atoms with Crippen LogP contribution in [0.4, 0.5) is 20.4 Å². The fourth-order valence-electron chi connectivity index (χ4n) is 3.64. The quantitative estimate of drug-likeness (QED) is 0.922. The van der Waals surface area contributed by atoms with Crippen molar-refractivity contribution < 1.29 is 13.5 Å². The normalized spacial score (nSPS) is 19.0. The molecule has 1 aromatic heterocycles. The molecule has 0 amide bonds. The molecule has 134 valence electrons. The Hall–Kier alpha value is -1.99. The van der Waals surface area contributed by atoms with Crippen molar-refractivity contribution in [2.45, 2.75) is 25.9 Å². The lowest BCUT2D eigenvalue weighted by Gasteiger charge is -2.33. The second-order valence-electron chi connectivity index (χ2n) is 6.80. The maximum Gasteiger partial charge on any atom is 0.207 e. The Bertz CT molecular complexity index is 722. The molecule has 4 rings (SSSR count). The number of rotatable bonds is 4. The van der Waals surface area contributed by atoms with Crippen LogP contribution in [0.3, 0.4) is 0 Å². The van der Waals surface area contributed by atoms with Crippen molar-refractivity contribution in [3.8, 4) is 0 Å². The third kappa shape index (κ3) is 3.82. The van der Waals surface area contributed by atoms with Gasteiger partial charge < -0.3 is 14.6 Å². The van der Waals surface area contributed by atoms with Crippen LogP contribution in [0.1, 0.15) is 18.5 Å². The molecule has 0 unspecified atom stereocenters. The molecular formula is C18H22F2N4O. The summed E-state index contributed by atoms with van der Waals surface area (Å²) in [5.74, 6) is 0.132. The standard InChI is InChI=1S/C18H22F2N4O/c19-14-7-15(20)9-16(8-14)22-18-21-10-17-12-23(3-4-24(17)18)11-13-1-5-25-6-2-13/h7-10,13H,1-6,11-12H2,(H,21,22). The van der Waals surface area contributed by atoms with Crippen LogP contribution in [-0.4, -0.2) is 40.8 Å². The second kappa shape index (κ2) is 7.09. The van der Waals surface area contributed by atoms with E-state index < -0.39 is 11.6 Å². The Morgan fingerprint density at radius 3 is 2.64 bits per heavy atom. The van der Waals surface area contributed by atoms with Gasteiger partial charge in [0.15, 0.2) is 0 Å². The number of imidazole rings is 1. The van der Waals surface area contributed by atoms with Crippen LogP contribution in [0.15, 0.2) is 24.4 Å². The highest BCUT2D eigenvalue weighted by molar-refractivity contribution is 5.54. The molecule has 0 aliphatic carbocycles. The average Bonchev–Trinajstić information content (AvgIpc) is 2.97. The van der Waals surface area contributed by atoms with Crippen molar-refractivity contribution in [3.05, 3.63) is 41.7 Å². The molecule has 1 N–H and O–H groups in total. The van der Waals surface area contributed by atoms with Gasteiger partial charge in [-0.05, 0) is 30.9 Å². The highest BCUT2D eigenvalue weighted by atomic mass is 19.1. The molecule has 3 heterocycles. The molecule has 7 heteroatoms. The number of nitrogens with one attached hydrogen (secondary N) is 1. The van der Waals surface area contributed by atoms with Gasteiger partial charge in [-0.2, -0.15) is 0 Å². The number of nitrogens with zero attached hydrogens (tertiary/aromatic N) is 3. The molecular weight excluding hydrogens is 326 g/mol. The molecule has 0 saturated carbocycles. The maximum absolute atomic E-state index is 13.3. The molecule has 0 bridgehead atoms. The summed E-state index contributed by atoms with van der Waals surface area (Å²) < 4.78 is 34.2. The summed E-state index contributed by atoms with van der Waals surface area (Å²) in [5, 5.41) is 3.03. The Morgan fingerprint density at radius 2 is 1.88 bits per heavy atom. The van der Waals surface area contributed by atoms with Gasteiger partial charge in [-0.1, -0.05) is 0 Å². The van der Waals surface area contributed by atoms with E-state index >= 15 is 0 Å². The minimum absolute atomic E-state index is 0.371. The van der Waals surface area contributed by atoms with Crippen molar-refractivity contribution in [1.29, 1.82) is 0 Å². The van der Waals surface area contributed by atoms with Crippen LogP contribution in [0.25, 0.3) is 0 Å². The first-order valence-corrected chi connectivity index (χ1v) is 8.75. The highest BCUT2D eigenvalue weighted by Crippen LogP contribution is 2.24. The first kappa shape index (κ1) is 16.5. The molecule has 0 spiro atoms. The van der Waals surface area contributed by atoms with Gasteiger partial charge in [0.05, 0.1) is 11.9 Å². The third-order valence-corrected chi connectivity index (χ3v) is 4.94. The van der Waals surface area contributed by atoms with Crippen molar-refractivity contribution in [1.82, 2.24) is 14.5 Å². The van der Waals surface area contributed by atoms with E-state index in [2.05, 4.69) is 19.8 Å². The zero-order valence-corrected chi connectivity index (χ0v) is 14.0. The minimum Gasteiger partial charge on any atom is -0.381 e. The van der Waals surface area contributed by atoms with Gasteiger partial charge in [0.1, 0.15) is 11.6 Å². The predicted molar refractivity (Wildman–Crippen MR) is 90.7 cm³/mol. The van der Waals surface area contributed by atoms with E-state index in [1.165, 1.54) is 12.1 Å². The van der Waals surface area contributed by atoms with E-state index in [1.807, 2.05) is 6.20 Å². The molecule has 2 aliphatic rings. The SMILES string of the molecule is Fc1cc(F)cc(Nc2ncc3n2CCN(CC2CCOCC2)C3)c1. The summed E-state index contributed by atoms with van der Waals surface area (Å²) in [6, 6.07) is 3.40. The lowest BCUT2D eigenvalue weighted by Crippen LogP contribution is -2.38. The lowest BCUT2D eigenvalue weighted by molar-refractivity contribution is 0.0486. The van der Waals surface area contributed by atoms with Crippen molar-refractivity contribution >= 4 is 11.6 Å². The molecule has 0 radical (unpaired) electrons. The summed E-state index contributed by atoms with van der Waals surface area (Å²) >= 11 is 0. The molecule has 1 aromatic carbocycles. The topological polar surface area (TPSA) is 42.3 Å². The van der Waals surface area contributed by atoms with Crippen LogP contribution < -0.4 is 5.32 Å². The molecule has 5 nitrogen and oxygen atoms in total. The molecule has 0 atom stereocenters. The predicted octanol–water partition coefficient (Wildman–Crippen LogP) is 3.15. The maximum atomic E-state index is 13.3. The molecule has 25 heavy (non-hydrogen) atoms. The van der Waals surface area contributed by atoms with Gasteiger partial charge in [0.2, 0.25) is 5.95 Å². The van der Waals surface area contributed by atoms with Crippen molar-refractivity contribution in [2.75, 3.05) is 31.6 Å². The summed E-state index contributed by atoms with van der Waals surface area (Å²) in [6.45, 7) is 5.45. The van der Waals surface area contributed by atoms with Gasteiger partial charge in [-0.3, -0.25) is 4.90 Å². The highest BCUT2D eigenvalue weighted by Gasteiger charge is 2.23. The average molecular weight is 348 g/mol. The molecule has 1 fully saturated rings. The summed E-state index contributed by atoms with van der Waals surface area (Å²) in [4.78, 5) is 6.85. The number of fused-ring (bicyclic) bond motifs is 1. The van der Waals surface area contributed by atoms with Gasteiger partial charge in [0, 0.05) is 51.1 Å². The number of ether oxygens (including phenoxy) is 1. The third-order valence-electron chi connectivity index (χ3n) is 4.94. The Kier molecular flexibility index (Phi) is 4.67. The van der Waals surface area contributed by atoms with Gasteiger partial charge in [-0.25, -0.2) is 13.8 Å². The van der Waals surface area contributed by atoms with Crippen LogP contribution in [0.5, 0.6) is 0 Å². The number of anilines is 2.